The van der Waals surface area contributed by atoms with Crippen LogP contribution in [0.5, 0.6) is 0 Å². The molecular formula is C14H18FNO3. The van der Waals surface area contributed by atoms with E-state index in [-0.39, 0.29) is 24.7 Å². The van der Waals surface area contributed by atoms with Crippen LogP contribution in [0.4, 0.5) is 4.39 Å². The number of nitrogens with zero attached hydrogens (tertiary/aromatic N) is 1. The molecule has 0 radical (unpaired) electrons. The Labute approximate surface area is 111 Å². The van der Waals surface area contributed by atoms with E-state index in [4.69, 9.17) is 5.11 Å². The van der Waals surface area contributed by atoms with Crippen LogP contribution < -0.4 is 0 Å². The third kappa shape index (κ3) is 4.35. The maximum Gasteiger partial charge on any atom is 0.305 e. The Balaban J connectivity index is 2.76. The van der Waals surface area contributed by atoms with E-state index in [0.717, 1.165) is 0 Å². The highest BCUT2D eigenvalue weighted by Crippen LogP contribution is 2.19. The molecule has 0 bridgehead atoms. The maximum absolute atomic E-state index is 13.1. The van der Waals surface area contributed by atoms with Gasteiger partial charge in [0, 0.05) is 13.1 Å². The summed E-state index contributed by atoms with van der Waals surface area (Å²) < 4.78 is 13.1. The van der Waals surface area contributed by atoms with Gasteiger partial charge >= 0.3 is 5.97 Å². The van der Waals surface area contributed by atoms with Crippen LogP contribution in [0.15, 0.2) is 24.3 Å². The second-order valence-corrected chi connectivity index (χ2v) is 4.34. The minimum atomic E-state index is -0.940. The Morgan fingerprint density at radius 3 is 2.63 bits per heavy atom. The van der Waals surface area contributed by atoms with Gasteiger partial charge in [-0.15, -0.1) is 0 Å². The largest absolute Gasteiger partial charge is 0.481 e. The van der Waals surface area contributed by atoms with E-state index >= 15 is 0 Å². The fourth-order valence-electron chi connectivity index (χ4n) is 1.85. The van der Waals surface area contributed by atoms with Crippen molar-refractivity contribution in [2.75, 3.05) is 13.1 Å². The van der Waals surface area contributed by atoms with Crippen molar-refractivity contribution in [2.24, 2.45) is 0 Å². The van der Waals surface area contributed by atoms with Crippen molar-refractivity contribution in [3.05, 3.63) is 35.6 Å². The quantitative estimate of drug-likeness (QED) is 0.860. The Morgan fingerprint density at radius 1 is 1.42 bits per heavy atom. The van der Waals surface area contributed by atoms with Crippen LogP contribution in [0.1, 0.15) is 31.7 Å². The fourth-order valence-corrected chi connectivity index (χ4v) is 1.85. The Kier molecular flexibility index (Phi) is 5.48. The lowest BCUT2D eigenvalue weighted by Crippen LogP contribution is -2.35. The van der Waals surface area contributed by atoms with Crippen LogP contribution in [0, 0.1) is 5.82 Å². The molecule has 5 heteroatoms. The molecule has 19 heavy (non-hydrogen) atoms. The van der Waals surface area contributed by atoms with Crippen LogP contribution in [-0.4, -0.2) is 35.0 Å². The number of carboxylic acids is 1. The highest BCUT2D eigenvalue weighted by molar-refractivity contribution is 5.83. The summed E-state index contributed by atoms with van der Waals surface area (Å²) in [6.45, 7) is 4.09. The number of hydrogen-bond acceptors (Lipinski definition) is 2. The first-order valence-electron chi connectivity index (χ1n) is 6.21. The minimum Gasteiger partial charge on any atom is -0.481 e. The van der Waals surface area contributed by atoms with E-state index in [0.29, 0.717) is 12.1 Å². The molecule has 1 amide bonds. The molecule has 1 rings (SSSR count). The topological polar surface area (TPSA) is 57.6 Å². The number of carboxylic acid groups (broad SMARTS) is 1. The van der Waals surface area contributed by atoms with Crippen LogP contribution in [0.2, 0.25) is 0 Å². The van der Waals surface area contributed by atoms with Crippen LogP contribution in [-0.2, 0) is 9.59 Å². The van der Waals surface area contributed by atoms with Gasteiger partial charge in [-0.05, 0) is 31.5 Å². The maximum atomic E-state index is 13.1. The normalized spacial score (nSPS) is 11.9. The minimum absolute atomic E-state index is 0.0878. The van der Waals surface area contributed by atoms with Crippen molar-refractivity contribution in [1.82, 2.24) is 4.90 Å². The Hall–Kier alpha value is -1.91. The molecule has 104 valence electrons. The first-order valence-corrected chi connectivity index (χ1v) is 6.21. The molecule has 1 unspecified atom stereocenters. The van der Waals surface area contributed by atoms with E-state index in [1.54, 1.807) is 26.0 Å². The van der Waals surface area contributed by atoms with Gasteiger partial charge in [-0.1, -0.05) is 12.1 Å². The van der Waals surface area contributed by atoms with Gasteiger partial charge in [-0.2, -0.15) is 0 Å². The Bertz CT molecular complexity index is 462. The summed E-state index contributed by atoms with van der Waals surface area (Å²) >= 11 is 0. The summed E-state index contributed by atoms with van der Waals surface area (Å²) in [6, 6.07) is 5.90. The van der Waals surface area contributed by atoms with Crippen LogP contribution in [0.25, 0.3) is 0 Å². The third-order valence-corrected chi connectivity index (χ3v) is 3.01. The second-order valence-electron chi connectivity index (χ2n) is 4.34. The summed E-state index contributed by atoms with van der Waals surface area (Å²) in [6.07, 6.45) is -0.0878. The molecule has 0 aliphatic heterocycles. The molecule has 1 N–H and O–H groups in total. The van der Waals surface area contributed by atoms with E-state index in [2.05, 4.69) is 0 Å². The van der Waals surface area contributed by atoms with Crippen molar-refractivity contribution in [3.63, 3.8) is 0 Å². The monoisotopic (exact) mass is 267 g/mol. The highest BCUT2D eigenvalue weighted by atomic mass is 19.1. The smallest absolute Gasteiger partial charge is 0.305 e. The lowest BCUT2D eigenvalue weighted by atomic mass is 9.99. The molecule has 1 aromatic rings. The number of aliphatic carboxylic acids is 1. The number of halogens is 1. The molecule has 0 aromatic heterocycles. The molecule has 4 nitrogen and oxygen atoms in total. The van der Waals surface area contributed by atoms with Crippen molar-refractivity contribution >= 4 is 11.9 Å². The number of benzene rings is 1. The van der Waals surface area contributed by atoms with Crippen molar-refractivity contribution in [2.45, 2.75) is 26.2 Å². The zero-order valence-electron chi connectivity index (χ0n) is 11.1. The van der Waals surface area contributed by atoms with Crippen LogP contribution in [0.3, 0.4) is 0 Å². The molecule has 0 aliphatic rings. The molecule has 1 atom stereocenters. The van der Waals surface area contributed by atoms with E-state index < -0.39 is 11.9 Å². The number of likely N-dealkylation sites (N-methyl/N-ethyl adjacent to an activating group) is 1. The predicted molar refractivity (Wildman–Crippen MR) is 69.3 cm³/mol. The summed E-state index contributed by atoms with van der Waals surface area (Å²) in [5.74, 6) is -1.99. The number of rotatable bonds is 6. The standard InChI is InChI=1S/C14H18FNO3/c1-3-16(8-7-13(17)18)14(19)10(2)11-5-4-6-12(15)9-11/h4-6,9-10H,3,7-8H2,1-2H3,(H,17,18). The predicted octanol–water partition coefficient (Wildman–Crippen LogP) is 2.25. The van der Waals surface area contributed by atoms with Crippen LogP contribution >= 0.6 is 0 Å². The third-order valence-electron chi connectivity index (χ3n) is 3.01. The summed E-state index contributed by atoms with van der Waals surface area (Å²) in [5.41, 5.74) is 0.596. The molecule has 1 aromatic carbocycles. The molecule has 0 saturated heterocycles. The highest BCUT2D eigenvalue weighted by Gasteiger charge is 2.21. The summed E-state index contributed by atoms with van der Waals surface area (Å²) in [5, 5.41) is 8.64. The van der Waals surface area contributed by atoms with Crippen molar-refractivity contribution in [1.29, 1.82) is 0 Å². The number of hydrogen-bond donors (Lipinski definition) is 1. The summed E-state index contributed by atoms with van der Waals surface area (Å²) in [7, 11) is 0. The van der Waals surface area contributed by atoms with Crippen molar-refractivity contribution in [3.8, 4) is 0 Å². The van der Waals surface area contributed by atoms with Crippen molar-refractivity contribution < 1.29 is 19.1 Å². The first kappa shape index (κ1) is 15.1. The SMILES string of the molecule is CCN(CCC(=O)O)C(=O)C(C)c1cccc(F)c1. The average Bonchev–Trinajstić information content (AvgIpc) is 2.38. The van der Waals surface area contributed by atoms with E-state index in [1.165, 1.54) is 17.0 Å². The number of amides is 1. The van der Waals surface area contributed by atoms with Gasteiger partial charge in [-0.3, -0.25) is 9.59 Å². The Morgan fingerprint density at radius 2 is 2.11 bits per heavy atom. The van der Waals surface area contributed by atoms with Gasteiger partial charge in [0.2, 0.25) is 5.91 Å². The molecule has 0 aliphatic carbocycles. The average molecular weight is 267 g/mol. The van der Waals surface area contributed by atoms with E-state index in [1.807, 2.05) is 0 Å². The molecular weight excluding hydrogens is 249 g/mol. The molecule has 0 spiro atoms. The number of carbonyl (C=O) groups excluding carboxylic acids is 1. The lowest BCUT2D eigenvalue weighted by Gasteiger charge is -2.24. The molecule has 0 fully saturated rings. The second kappa shape index (κ2) is 6.87. The zero-order valence-corrected chi connectivity index (χ0v) is 11.1. The molecule has 0 heterocycles. The lowest BCUT2D eigenvalue weighted by molar-refractivity contribution is -0.138. The first-order chi connectivity index (χ1) is 8.95. The summed E-state index contributed by atoms with van der Waals surface area (Å²) in [4.78, 5) is 24.2. The van der Waals surface area contributed by atoms with Gasteiger partial charge in [0.15, 0.2) is 0 Å². The van der Waals surface area contributed by atoms with E-state index in [9.17, 15) is 14.0 Å². The van der Waals surface area contributed by atoms with Gasteiger partial charge in [0.05, 0.1) is 12.3 Å². The van der Waals surface area contributed by atoms with Gasteiger partial charge in [0.1, 0.15) is 5.82 Å². The molecule has 0 saturated carbocycles. The number of carbonyl (C=O) groups is 2. The van der Waals surface area contributed by atoms with Gasteiger partial charge in [-0.25, -0.2) is 4.39 Å². The zero-order chi connectivity index (χ0) is 14.4. The van der Waals surface area contributed by atoms with Gasteiger partial charge in [0.25, 0.3) is 0 Å². The van der Waals surface area contributed by atoms with Gasteiger partial charge < -0.3 is 10.0 Å². The fraction of sp³-hybridized carbons (Fsp3) is 0.429.